The zero-order valence-corrected chi connectivity index (χ0v) is 16.0. The smallest absolute Gasteiger partial charge is 0.191 e. The largest absolute Gasteiger partial charge is 0.497 e. The van der Waals surface area contributed by atoms with E-state index in [1.165, 1.54) is 0 Å². The number of aliphatic imine (C=N–C) groups is 1. The van der Waals surface area contributed by atoms with Gasteiger partial charge in [0.15, 0.2) is 5.96 Å². The SMILES string of the molecule is CCNC(=NCC(CO)c1ccccc1)NCCOc1cccc(OC)c1. The van der Waals surface area contributed by atoms with Gasteiger partial charge < -0.3 is 25.2 Å². The van der Waals surface area contributed by atoms with Gasteiger partial charge in [-0.15, -0.1) is 0 Å². The van der Waals surface area contributed by atoms with Crippen molar-refractivity contribution >= 4 is 5.96 Å². The van der Waals surface area contributed by atoms with E-state index in [1.807, 2.05) is 61.5 Å². The van der Waals surface area contributed by atoms with Crippen LogP contribution in [0.1, 0.15) is 18.4 Å². The molecule has 0 fully saturated rings. The molecule has 3 N–H and O–H groups in total. The highest BCUT2D eigenvalue weighted by Crippen LogP contribution is 2.18. The van der Waals surface area contributed by atoms with E-state index in [9.17, 15) is 5.11 Å². The maximum Gasteiger partial charge on any atom is 0.191 e. The topological polar surface area (TPSA) is 75.1 Å². The number of benzene rings is 2. The molecule has 0 amide bonds. The second kappa shape index (κ2) is 11.8. The van der Waals surface area contributed by atoms with E-state index in [-0.39, 0.29) is 12.5 Å². The van der Waals surface area contributed by atoms with Crippen molar-refractivity contribution in [1.82, 2.24) is 10.6 Å². The molecule has 1 unspecified atom stereocenters. The average Bonchev–Trinajstić information content (AvgIpc) is 2.72. The van der Waals surface area contributed by atoms with Gasteiger partial charge in [0.1, 0.15) is 18.1 Å². The van der Waals surface area contributed by atoms with Crippen molar-refractivity contribution in [3.63, 3.8) is 0 Å². The molecule has 2 rings (SSSR count). The molecule has 27 heavy (non-hydrogen) atoms. The summed E-state index contributed by atoms with van der Waals surface area (Å²) in [7, 11) is 1.63. The number of guanidine groups is 1. The van der Waals surface area contributed by atoms with Gasteiger partial charge in [0.25, 0.3) is 0 Å². The Kier molecular flexibility index (Phi) is 9.00. The Morgan fingerprint density at radius 2 is 1.85 bits per heavy atom. The molecule has 1 atom stereocenters. The lowest BCUT2D eigenvalue weighted by Crippen LogP contribution is -2.39. The number of hydrogen-bond acceptors (Lipinski definition) is 4. The van der Waals surface area contributed by atoms with Crippen LogP contribution in [-0.2, 0) is 0 Å². The van der Waals surface area contributed by atoms with Crippen molar-refractivity contribution in [2.45, 2.75) is 12.8 Å². The first-order chi connectivity index (χ1) is 13.3. The van der Waals surface area contributed by atoms with E-state index < -0.39 is 0 Å². The third-order valence-corrected chi connectivity index (χ3v) is 4.01. The van der Waals surface area contributed by atoms with Crippen molar-refractivity contribution < 1.29 is 14.6 Å². The quantitative estimate of drug-likeness (QED) is 0.340. The normalized spacial score (nSPS) is 12.3. The summed E-state index contributed by atoms with van der Waals surface area (Å²) < 4.78 is 10.9. The van der Waals surface area contributed by atoms with Gasteiger partial charge in [0, 0.05) is 18.5 Å². The fourth-order valence-corrected chi connectivity index (χ4v) is 2.57. The summed E-state index contributed by atoms with van der Waals surface area (Å²) in [6.45, 7) is 4.46. The molecule has 0 saturated carbocycles. The first-order valence-corrected chi connectivity index (χ1v) is 9.21. The van der Waals surface area contributed by atoms with Gasteiger partial charge in [-0.05, 0) is 24.6 Å². The molecule has 0 aliphatic rings. The molecule has 0 aliphatic heterocycles. The summed E-state index contributed by atoms with van der Waals surface area (Å²) in [5, 5.41) is 16.1. The van der Waals surface area contributed by atoms with Gasteiger partial charge in [-0.3, -0.25) is 4.99 Å². The van der Waals surface area contributed by atoms with Crippen molar-refractivity contribution in [3.05, 3.63) is 60.2 Å². The molecule has 6 heteroatoms. The zero-order valence-electron chi connectivity index (χ0n) is 16.0. The van der Waals surface area contributed by atoms with E-state index >= 15 is 0 Å². The Bertz CT molecular complexity index is 692. The number of methoxy groups -OCH3 is 1. The highest BCUT2D eigenvalue weighted by atomic mass is 16.5. The molecular weight excluding hydrogens is 342 g/mol. The standard InChI is InChI=1S/C21H29N3O3/c1-3-22-21(24-15-18(16-25)17-8-5-4-6-9-17)23-12-13-27-20-11-7-10-19(14-20)26-2/h4-11,14,18,25H,3,12-13,15-16H2,1-2H3,(H2,22,23,24). The molecule has 2 aromatic carbocycles. The van der Waals surface area contributed by atoms with E-state index in [1.54, 1.807) is 7.11 Å². The lowest BCUT2D eigenvalue weighted by Gasteiger charge is -2.15. The van der Waals surface area contributed by atoms with Gasteiger partial charge >= 0.3 is 0 Å². The van der Waals surface area contributed by atoms with Crippen LogP contribution in [0.2, 0.25) is 0 Å². The molecule has 0 saturated heterocycles. The number of aliphatic hydroxyl groups is 1. The summed E-state index contributed by atoms with van der Waals surface area (Å²) in [5.41, 5.74) is 1.08. The predicted molar refractivity (Wildman–Crippen MR) is 109 cm³/mol. The second-order valence-electron chi connectivity index (χ2n) is 5.96. The number of nitrogens with zero attached hydrogens (tertiary/aromatic N) is 1. The second-order valence-corrected chi connectivity index (χ2v) is 5.96. The summed E-state index contributed by atoms with van der Waals surface area (Å²) in [6.07, 6.45) is 0. The zero-order chi connectivity index (χ0) is 19.3. The first kappa shape index (κ1) is 20.6. The Balaban J connectivity index is 1.83. The van der Waals surface area contributed by atoms with E-state index in [2.05, 4.69) is 15.6 Å². The molecule has 0 aliphatic carbocycles. The van der Waals surface area contributed by atoms with Gasteiger partial charge in [-0.25, -0.2) is 0 Å². The number of rotatable bonds is 10. The molecule has 0 aromatic heterocycles. The maximum absolute atomic E-state index is 9.66. The van der Waals surface area contributed by atoms with Gasteiger partial charge in [-0.2, -0.15) is 0 Å². The van der Waals surface area contributed by atoms with Crippen molar-refractivity contribution in [3.8, 4) is 11.5 Å². The van der Waals surface area contributed by atoms with Crippen LogP contribution in [0.15, 0.2) is 59.6 Å². The summed E-state index contributed by atoms with van der Waals surface area (Å²) in [5.74, 6) is 2.23. The third-order valence-electron chi connectivity index (χ3n) is 4.01. The number of hydrogen-bond donors (Lipinski definition) is 3. The van der Waals surface area contributed by atoms with Crippen LogP contribution in [0.25, 0.3) is 0 Å². The Morgan fingerprint density at radius 1 is 1.07 bits per heavy atom. The van der Waals surface area contributed by atoms with Crippen LogP contribution in [0.4, 0.5) is 0 Å². The summed E-state index contributed by atoms with van der Waals surface area (Å²) >= 11 is 0. The number of aliphatic hydroxyl groups excluding tert-OH is 1. The van der Waals surface area contributed by atoms with Crippen molar-refractivity contribution in [1.29, 1.82) is 0 Å². The minimum atomic E-state index is -0.0188. The molecule has 0 radical (unpaired) electrons. The molecule has 6 nitrogen and oxygen atoms in total. The van der Waals surface area contributed by atoms with Crippen LogP contribution in [0.3, 0.4) is 0 Å². The number of ether oxygens (including phenoxy) is 2. The summed E-state index contributed by atoms with van der Waals surface area (Å²) in [4.78, 5) is 4.59. The molecule has 0 heterocycles. The minimum absolute atomic E-state index is 0.0188. The van der Waals surface area contributed by atoms with Crippen LogP contribution in [0.5, 0.6) is 11.5 Å². The first-order valence-electron chi connectivity index (χ1n) is 9.21. The van der Waals surface area contributed by atoms with Crippen molar-refractivity contribution in [2.75, 3.05) is 40.0 Å². The number of nitrogens with one attached hydrogen (secondary N) is 2. The highest BCUT2D eigenvalue weighted by Gasteiger charge is 2.10. The highest BCUT2D eigenvalue weighted by molar-refractivity contribution is 5.79. The third kappa shape index (κ3) is 7.19. The molecule has 146 valence electrons. The van der Waals surface area contributed by atoms with Gasteiger partial charge in [0.05, 0.1) is 26.8 Å². The van der Waals surface area contributed by atoms with Gasteiger partial charge in [-0.1, -0.05) is 36.4 Å². The Labute approximate surface area is 161 Å². The monoisotopic (exact) mass is 371 g/mol. The fourth-order valence-electron chi connectivity index (χ4n) is 2.57. The van der Waals surface area contributed by atoms with Crippen LogP contribution >= 0.6 is 0 Å². The molecule has 0 bridgehead atoms. The maximum atomic E-state index is 9.66. The van der Waals surface area contributed by atoms with Gasteiger partial charge in [0.2, 0.25) is 0 Å². The van der Waals surface area contributed by atoms with E-state index in [0.29, 0.717) is 25.7 Å². The van der Waals surface area contributed by atoms with E-state index in [0.717, 1.165) is 23.6 Å². The van der Waals surface area contributed by atoms with Crippen LogP contribution in [0, 0.1) is 0 Å². The van der Waals surface area contributed by atoms with E-state index in [4.69, 9.17) is 9.47 Å². The minimum Gasteiger partial charge on any atom is -0.497 e. The molecule has 2 aromatic rings. The van der Waals surface area contributed by atoms with Crippen molar-refractivity contribution in [2.24, 2.45) is 4.99 Å². The predicted octanol–water partition coefficient (Wildman–Crippen LogP) is 2.41. The lowest BCUT2D eigenvalue weighted by atomic mass is 10.0. The average molecular weight is 371 g/mol. The fraction of sp³-hybridized carbons (Fsp3) is 0.381. The Hall–Kier alpha value is -2.73. The molecule has 0 spiro atoms. The molecular formula is C21H29N3O3. The Morgan fingerprint density at radius 3 is 2.56 bits per heavy atom. The lowest BCUT2D eigenvalue weighted by molar-refractivity contribution is 0.268. The van der Waals surface area contributed by atoms with Crippen LogP contribution in [-0.4, -0.2) is 51.0 Å². The van der Waals surface area contributed by atoms with Crippen LogP contribution < -0.4 is 20.1 Å². The summed E-state index contributed by atoms with van der Waals surface area (Å²) in [6, 6.07) is 17.5.